The number of carbonyl (C=O) groups excluding carboxylic acids is 1. The Balaban J connectivity index is 1.99. The minimum Gasteiger partial charge on any atom is -0.330 e. The van der Waals surface area contributed by atoms with Gasteiger partial charge in [0.15, 0.2) is 6.04 Å². The van der Waals surface area contributed by atoms with Gasteiger partial charge in [0.25, 0.3) is 5.91 Å². The molecule has 6 heteroatoms. The first kappa shape index (κ1) is 18.1. The van der Waals surface area contributed by atoms with Crippen LogP contribution in [0.25, 0.3) is 0 Å². The second-order valence-electron chi connectivity index (χ2n) is 5.44. The zero-order valence-corrected chi connectivity index (χ0v) is 15.1. The summed E-state index contributed by atoms with van der Waals surface area (Å²) in [6.45, 7) is 3.88. The van der Waals surface area contributed by atoms with E-state index in [4.69, 9.17) is 34.8 Å². The van der Waals surface area contributed by atoms with E-state index in [9.17, 15) is 4.79 Å². The molecule has 0 bridgehead atoms. The van der Waals surface area contributed by atoms with Gasteiger partial charge in [0.05, 0.1) is 10.7 Å². The smallest absolute Gasteiger partial charge is 0.282 e. The van der Waals surface area contributed by atoms with Gasteiger partial charge in [-0.3, -0.25) is 4.79 Å². The molecule has 3 N–H and O–H groups in total. The minimum atomic E-state index is -0.282. The van der Waals surface area contributed by atoms with Crippen molar-refractivity contribution in [3.05, 3.63) is 63.1 Å². The fourth-order valence-corrected chi connectivity index (χ4v) is 2.91. The Morgan fingerprint density at radius 1 is 1.04 bits per heavy atom. The molecule has 0 aromatic heterocycles. The highest BCUT2D eigenvalue weighted by Crippen LogP contribution is 2.25. The van der Waals surface area contributed by atoms with E-state index in [-0.39, 0.29) is 18.0 Å². The highest BCUT2D eigenvalue weighted by Gasteiger charge is 2.21. The highest BCUT2D eigenvalue weighted by molar-refractivity contribution is 6.36. The van der Waals surface area contributed by atoms with Gasteiger partial charge >= 0.3 is 0 Å². The first-order valence-corrected chi connectivity index (χ1v) is 8.36. The highest BCUT2D eigenvalue weighted by atomic mass is 35.5. The Morgan fingerprint density at radius 2 is 1.74 bits per heavy atom. The van der Waals surface area contributed by atoms with Crippen LogP contribution in [0.3, 0.4) is 0 Å². The monoisotopic (exact) mass is 371 g/mol. The zero-order valence-electron chi connectivity index (χ0n) is 12.8. The molecule has 2 atom stereocenters. The van der Waals surface area contributed by atoms with Crippen LogP contribution in [0.2, 0.25) is 15.1 Å². The molecular formula is C17H18Cl3N2O+. The van der Waals surface area contributed by atoms with Gasteiger partial charge in [-0.25, -0.2) is 0 Å². The van der Waals surface area contributed by atoms with Gasteiger partial charge in [-0.15, -0.1) is 0 Å². The molecule has 3 nitrogen and oxygen atoms in total. The van der Waals surface area contributed by atoms with Crippen LogP contribution in [0.4, 0.5) is 5.69 Å². The Labute approximate surface area is 150 Å². The Kier molecular flexibility index (Phi) is 6.31. The first-order valence-electron chi connectivity index (χ1n) is 7.23. The number of benzene rings is 2. The molecule has 0 aliphatic carbocycles. The number of quaternary nitrogens is 1. The van der Waals surface area contributed by atoms with Crippen LogP contribution in [0.15, 0.2) is 42.5 Å². The van der Waals surface area contributed by atoms with Crippen molar-refractivity contribution in [1.82, 2.24) is 0 Å². The van der Waals surface area contributed by atoms with Crippen LogP contribution in [-0.4, -0.2) is 11.9 Å². The quantitative estimate of drug-likeness (QED) is 0.807. The molecule has 23 heavy (non-hydrogen) atoms. The number of nitrogens with one attached hydrogen (secondary N) is 1. The van der Waals surface area contributed by atoms with Crippen molar-refractivity contribution >= 4 is 46.4 Å². The van der Waals surface area contributed by atoms with Crippen LogP contribution in [-0.2, 0) is 4.79 Å². The summed E-state index contributed by atoms with van der Waals surface area (Å²) in [6.07, 6.45) is 0. The lowest BCUT2D eigenvalue weighted by atomic mass is 10.1. The van der Waals surface area contributed by atoms with Crippen molar-refractivity contribution in [3.63, 3.8) is 0 Å². The van der Waals surface area contributed by atoms with Crippen molar-refractivity contribution in [2.45, 2.75) is 25.9 Å². The maximum Gasteiger partial charge on any atom is 0.282 e. The van der Waals surface area contributed by atoms with E-state index >= 15 is 0 Å². The molecule has 0 aliphatic rings. The predicted molar refractivity (Wildman–Crippen MR) is 96.3 cm³/mol. The van der Waals surface area contributed by atoms with Crippen LogP contribution in [0.1, 0.15) is 25.5 Å². The Morgan fingerprint density at radius 3 is 2.39 bits per heavy atom. The lowest BCUT2D eigenvalue weighted by Gasteiger charge is -2.17. The van der Waals surface area contributed by atoms with E-state index in [1.807, 2.05) is 43.4 Å². The topological polar surface area (TPSA) is 45.7 Å². The molecule has 0 saturated heterocycles. The van der Waals surface area contributed by atoms with E-state index in [0.29, 0.717) is 20.8 Å². The zero-order chi connectivity index (χ0) is 17.0. The minimum absolute atomic E-state index is 0.107. The van der Waals surface area contributed by atoms with Crippen molar-refractivity contribution in [2.75, 3.05) is 5.32 Å². The Hall–Kier alpha value is -1.26. The van der Waals surface area contributed by atoms with Gasteiger partial charge < -0.3 is 10.6 Å². The average Bonchev–Trinajstić information content (AvgIpc) is 2.49. The van der Waals surface area contributed by atoms with Gasteiger partial charge in [-0.05, 0) is 44.2 Å². The van der Waals surface area contributed by atoms with Crippen LogP contribution >= 0.6 is 34.8 Å². The summed E-state index contributed by atoms with van der Waals surface area (Å²) in [6, 6.07) is 12.4. The summed E-state index contributed by atoms with van der Waals surface area (Å²) in [5.74, 6) is -0.122. The molecule has 0 saturated carbocycles. The standard InChI is InChI=1S/C17H17Cl3N2O/c1-10(12-4-3-5-13(18)8-12)21-11(2)17(23)22-16-7-6-14(19)9-15(16)20/h3-11,21H,1-2H3,(H,22,23)/p+1/t10-,11-/m0/s1. The van der Waals surface area contributed by atoms with E-state index in [2.05, 4.69) is 5.32 Å². The molecule has 0 fully saturated rings. The molecule has 2 aromatic rings. The van der Waals surface area contributed by atoms with Crippen molar-refractivity contribution < 1.29 is 10.1 Å². The summed E-state index contributed by atoms with van der Waals surface area (Å²) in [5, 5.41) is 6.43. The van der Waals surface area contributed by atoms with E-state index in [1.54, 1.807) is 18.2 Å². The third kappa shape index (κ3) is 5.11. The molecule has 0 spiro atoms. The number of hydrogen-bond donors (Lipinski definition) is 2. The SMILES string of the molecule is C[C@H]([NH2+][C@@H](C)c1cccc(Cl)c1)C(=O)Nc1ccc(Cl)cc1Cl. The number of hydrogen-bond acceptors (Lipinski definition) is 1. The van der Waals surface area contributed by atoms with E-state index < -0.39 is 0 Å². The third-order valence-electron chi connectivity index (χ3n) is 3.55. The molecule has 2 rings (SSSR count). The van der Waals surface area contributed by atoms with Crippen LogP contribution in [0.5, 0.6) is 0 Å². The largest absolute Gasteiger partial charge is 0.330 e. The van der Waals surface area contributed by atoms with Gasteiger partial charge in [0, 0.05) is 15.6 Å². The third-order valence-corrected chi connectivity index (χ3v) is 4.34. The summed E-state index contributed by atoms with van der Waals surface area (Å²) in [7, 11) is 0. The summed E-state index contributed by atoms with van der Waals surface area (Å²) in [4.78, 5) is 12.3. The number of halogens is 3. The van der Waals surface area contributed by atoms with Crippen molar-refractivity contribution in [3.8, 4) is 0 Å². The Bertz CT molecular complexity index is 706. The molecule has 2 aromatic carbocycles. The number of rotatable bonds is 5. The lowest BCUT2D eigenvalue weighted by molar-refractivity contribution is -0.709. The van der Waals surface area contributed by atoms with Gasteiger partial charge in [-0.1, -0.05) is 46.9 Å². The second-order valence-corrected chi connectivity index (χ2v) is 6.72. The number of anilines is 1. The maximum atomic E-state index is 12.3. The van der Waals surface area contributed by atoms with Gasteiger partial charge in [0.2, 0.25) is 0 Å². The van der Waals surface area contributed by atoms with Crippen LogP contribution in [0, 0.1) is 0 Å². The van der Waals surface area contributed by atoms with Crippen molar-refractivity contribution in [1.29, 1.82) is 0 Å². The maximum absolute atomic E-state index is 12.3. The molecule has 0 radical (unpaired) electrons. The molecule has 0 unspecified atom stereocenters. The van der Waals surface area contributed by atoms with Gasteiger partial charge in [-0.2, -0.15) is 0 Å². The predicted octanol–water partition coefficient (Wildman–Crippen LogP) is 4.30. The number of carbonyl (C=O) groups is 1. The fourth-order valence-electron chi connectivity index (χ4n) is 2.26. The summed E-state index contributed by atoms with van der Waals surface area (Å²) in [5.41, 5.74) is 1.62. The normalized spacial score (nSPS) is 13.4. The summed E-state index contributed by atoms with van der Waals surface area (Å²) >= 11 is 17.9. The van der Waals surface area contributed by atoms with Gasteiger partial charge in [0.1, 0.15) is 6.04 Å². The van der Waals surface area contributed by atoms with Crippen LogP contribution < -0.4 is 10.6 Å². The molecule has 1 amide bonds. The molecule has 0 aliphatic heterocycles. The molecular weight excluding hydrogens is 355 g/mol. The average molecular weight is 373 g/mol. The first-order chi connectivity index (χ1) is 10.9. The fraction of sp³-hybridized carbons (Fsp3) is 0.235. The second kappa shape index (κ2) is 8.02. The number of nitrogens with two attached hydrogens (primary N) is 1. The molecule has 122 valence electrons. The molecule has 0 heterocycles. The lowest BCUT2D eigenvalue weighted by Crippen LogP contribution is -2.91. The van der Waals surface area contributed by atoms with Crippen molar-refractivity contribution in [2.24, 2.45) is 0 Å². The summed E-state index contributed by atoms with van der Waals surface area (Å²) < 4.78 is 0. The number of amides is 1. The van der Waals surface area contributed by atoms with E-state index in [1.165, 1.54) is 0 Å². The van der Waals surface area contributed by atoms with E-state index in [0.717, 1.165) is 5.56 Å².